The van der Waals surface area contributed by atoms with Crippen LogP contribution in [0.25, 0.3) is 0 Å². The monoisotopic (exact) mass is 259 g/mol. The van der Waals surface area contributed by atoms with Crippen LogP contribution in [0.2, 0.25) is 0 Å². The van der Waals surface area contributed by atoms with Gasteiger partial charge in [-0.15, -0.1) is 0 Å². The Hall–Kier alpha value is -2.63. The van der Waals surface area contributed by atoms with Gasteiger partial charge in [0.05, 0.1) is 4.92 Å². The van der Waals surface area contributed by atoms with Crippen LogP contribution in [0.1, 0.15) is 6.92 Å². The second kappa shape index (κ2) is 5.81. The van der Waals surface area contributed by atoms with Crippen LogP contribution in [0.15, 0.2) is 42.6 Å². The van der Waals surface area contributed by atoms with Gasteiger partial charge in [-0.3, -0.25) is 10.1 Å². The van der Waals surface area contributed by atoms with Gasteiger partial charge in [0.2, 0.25) is 5.88 Å². The SMILES string of the molecule is CCNc1cccc(Oc2ccc([N+](=O)[O-])cn2)c1. The molecular formula is C13H13N3O3. The molecule has 1 aromatic heterocycles. The molecular weight excluding hydrogens is 246 g/mol. The van der Waals surface area contributed by atoms with E-state index in [-0.39, 0.29) is 5.69 Å². The van der Waals surface area contributed by atoms with E-state index in [0.29, 0.717) is 11.6 Å². The van der Waals surface area contributed by atoms with Gasteiger partial charge in [0, 0.05) is 30.4 Å². The van der Waals surface area contributed by atoms with Crippen LogP contribution >= 0.6 is 0 Å². The van der Waals surface area contributed by atoms with Crippen molar-refractivity contribution in [2.45, 2.75) is 6.92 Å². The maximum atomic E-state index is 10.5. The van der Waals surface area contributed by atoms with E-state index in [1.165, 1.54) is 18.3 Å². The van der Waals surface area contributed by atoms with Crippen molar-refractivity contribution in [3.63, 3.8) is 0 Å². The number of aromatic nitrogens is 1. The van der Waals surface area contributed by atoms with Gasteiger partial charge in [0.1, 0.15) is 11.9 Å². The second-order valence-electron chi connectivity index (χ2n) is 3.77. The van der Waals surface area contributed by atoms with Crippen molar-refractivity contribution < 1.29 is 9.66 Å². The highest BCUT2D eigenvalue weighted by Gasteiger charge is 2.06. The number of rotatable bonds is 5. The van der Waals surface area contributed by atoms with E-state index < -0.39 is 4.92 Å². The summed E-state index contributed by atoms with van der Waals surface area (Å²) in [6.07, 6.45) is 1.17. The molecule has 0 radical (unpaired) electrons. The highest BCUT2D eigenvalue weighted by atomic mass is 16.6. The van der Waals surface area contributed by atoms with Gasteiger partial charge in [-0.25, -0.2) is 4.98 Å². The van der Waals surface area contributed by atoms with Crippen LogP contribution in [0, 0.1) is 10.1 Å². The number of hydrogen-bond acceptors (Lipinski definition) is 5. The van der Waals surface area contributed by atoms with E-state index in [0.717, 1.165) is 12.2 Å². The Labute approximate surface area is 110 Å². The maximum Gasteiger partial charge on any atom is 0.287 e. The summed E-state index contributed by atoms with van der Waals surface area (Å²) in [5.41, 5.74) is 0.885. The van der Waals surface area contributed by atoms with Crippen molar-refractivity contribution in [2.75, 3.05) is 11.9 Å². The number of nitrogens with one attached hydrogen (secondary N) is 1. The summed E-state index contributed by atoms with van der Waals surface area (Å²) >= 11 is 0. The molecule has 1 heterocycles. The van der Waals surface area contributed by atoms with Gasteiger partial charge in [-0.1, -0.05) is 6.07 Å². The molecule has 6 nitrogen and oxygen atoms in total. The first kappa shape index (κ1) is 12.8. The molecule has 0 aliphatic rings. The molecule has 0 unspecified atom stereocenters. The lowest BCUT2D eigenvalue weighted by molar-refractivity contribution is -0.385. The number of nitrogens with zero attached hydrogens (tertiary/aromatic N) is 2. The largest absolute Gasteiger partial charge is 0.439 e. The molecule has 0 saturated heterocycles. The van der Waals surface area contributed by atoms with Gasteiger partial charge >= 0.3 is 0 Å². The van der Waals surface area contributed by atoms with Crippen LogP contribution in [0.4, 0.5) is 11.4 Å². The topological polar surface area (TPSA) is 77.3 Å². The second-order valence-corrected chi connectivity index (χ2v) is 3.77. The zero-order valence-electron chi connectivity index (χ0n) is 10.4. The predicted octanol–water partition coefficient (Wildman–Crippen LogP) is 3.21. The van der Waals surface area contributed by atoms with E-state index in [1.54, 1.807) is 6.07 Å². The van der Waals surface area contributed by atoms with Gasteiger partial charge < -0.3 is 10.1 Å². The molecule has 1 N–H and O–H groups in total. The van der Waals surface area contributed by atoms with Gasteiger partial charge in [-0.05, 0) is 19.1 Å². The molecule has 0 aliphatic carbocycles. The molecule has 2 aromatic rings. The lowest BCUT2D eigenvalue weighted by Gasteiger charge is -2.07. The molecule has 2 rings (SSSR count). The zero-order chi connectivity index (χ0) is 13.7. The number of benzene rings is 1. The summed E-state index contributed by atoms with van der Waals surface area (Å²) in [5, 5.41) is 13.7. The molecule has 1 aromatic carbocycles. The highest BCUT2D eigenvalue weighted by Crippen LogP contribution is 2.23. The van der Waals surface area contributed by atoms with Crippen LogP contribution in [0.5, 0.6) is 11.6 Å². The molecule has 0 atom stereocenters. The highest BCUT2D eigenvalue weighted by molar-refractivity contribution is 5.48. The summed E-state index contributed by atoms with van der Waals surface area (Å²) in [5.74, 6) is 0.944. The Kier molecular flexibility index (Phi) is 3.92. The Balaban J connectivity index is 2.12. The van der Waals surface area contributed by atoms with Gasteiger partial charge in [0.15, 0.2) is 0 Å². The predicted molar refractivity (Wildman–Crippen MR) is 71.6 cm³/mol. The average molecular weight is 259 g/mol. The molecule has 0 spiro atoms. The number of anilines is 1. The molecule has 0 fully saturated rings. The van der Waals surface area contributed by atoms with Gasteiger partial charge in [-0.2, -0.15) is 0 Å². The third-order valence-corrected chi connectivity index (χ3v) is 2.37. The Morgan fingerprint density at radius 2 is 2.21 bits per heavy atom. The minimum atomic E-state index is -0.497. The van der Waals surface area contributed by atoms with Crippen LogP contribution in [-0.4, -0.2) is 16.5 Å². The maximum absolute atomic E-state index is 10.5. The van der Waals surface area contributed by atoms with Crippen molar-refractivity contribution in [3.05, 3.63) is 52.7 Å². The van der Waals surface area contributed by atoms with Crippen molar-refractivity contribution >= 4 is 11.4 Å². The van der Waals surface area contributed by atoms with Crippen molar-refractivity contribution in [3.8, 4) is 11.6 Å². The standard InChI is InChI=1S/C13H13N3O3/c1-2-14-10-4-3-5-12(8-10)19-13-7-6-11(9-15-13)16(17)18/h3-9,14H,2H2,1H3. The molecule has 0 saturated carbocycles. The average Bonchev–Trinajstić information content (AvgIpc) is 2.40. The number of nitro groups is 1. The first-order chi connectivity index (χ1) is 9.19. The summed E-state index contributed by atoms with van der Waals surface area (Å²) in [6.45, 7) is 2.82. The minimum Gasteiger partial charge on any atom is -0.439 e. The van der Waals surface area contributed by atoms with E-state index in [4.69, 9.17) is 4.74 Å². The first-order valence-electron chi connectivity index (χ1n) is 5.81. The quantitative estimate of drug-likeness (QED) is 0.659. The van der Waals surface area contributed by atoms with Crippen LogP contribution in [0.3, 0.4) is 0 Å². The van der Waals surface area contributed by atoms with Crippen molar-refractivity contribution in [1.82, 2.24) is 4.98 Å². The zero-order valence-corrected chi connectivity index (χ0v) is 10.4. The van der Waals surface area contributed by atoms with E-state index >= 15 is 0 Å². The smallest absolute Gasteiger partial charge is 0.287 e. The number of ether oxygens (including phenoxy) is 1. The van der Waals surface area contributed by atoms with E-state index in [1.807, 2.05) is 25.1 Å². The van der Waals surface area contributed by atoms with E-state index in [2.05, 4.69) is 10.3 Å². The fourth-order valence-electron chi connectivity index (χ4n) is 1.54. The molecule has 6 heteroatoms. The van der Waals surface area contributed by atoms with E-state index in [9.17, 15) is 10.1 Å². The first-order valence-corrected chi connectivity index (χ1v) is 5.81. The number of hydrogen-bond donors (Lipinski definition) is 1. The van der Waals surface area contributed by atoms with Gasteiger partial charge in [0.25, 0.3) is 5.69 Å². The summed E-state index contributed by atoms with van der Waals surface area (Å²) in [7, 11) is 0. The summed E-state index contributed by atoms with van der Waals surface area (Å²) in [4.78, 5) is 13.9. The van der Waals surface area contributed by atoms with Crippen molar-refractivity contribution in [2.24, 2.45) is 0 Å². The van der Waals surface area contributed by atoms with Crippen LogP contribution < -0.4 is 10.1 Å². The molecule has 98 valence electrons. The normalized spacial score (nSPS) is 9.95. The Morgan fingerprint density at radius 1 is 1.37 bits per heavy atom. The Morgan fingerprint density at radius 3 is 2.84 bits per heavy atom. The number of pyridine rings is 1. The Bertz CT molecular complexity index is 570. The third-order valence-electron chi connectivity index (χ3n) is 2.37. The molecule has 0 amide bonds. The molecule has 0 bridgehead atoms. The lowest BCUT2D eigenvalue weighted by atomic mass is 10.3. The molecule has 0 aliphatic heterocycles. The fraction of sp³-hybridized carbons (Fsp3) is 0.154. The summed E-state index contributed by atoms with van der Waals surface area (Å²) in [6, 6.07) is 10.3. The van der Waals surface area contributed by atoms with Crippen LogP contribution in [-0.2, 0) is 0 Å². The van der Waals surface area contributed by atoms with Crippen molar-refractivity contribution in [1.29, 1.82) is 0 Å². The minimum absolute atomic E-state index is 0.0613. The lowest BCUT2D eigenvalue weighted by Crippen LogP contribution is -1.96. The fourth-order valence-corrected chi connectivity index (χ4v) is 1.54. The summed E-state index contributed by atoms with van der Waals surface area (Å²) < 4.78 is 5.53. The molecule has 19 heavy (non-hydrogen) atoms. The third kappa shape index (κ3) is 3.41.